The van der Waals surface area contributed by atoms with Crippen LogP contribution in [-0.4, -0.2) is 17.6 Å². The van der Waals surface area contributed by atoms with Gasteiger partial charge in [-0.2, -0.15) is 4.99 Å². The molecule has 1 amide bonds. The van der Waals surface area contributed by atoms with Gasteiger partial charge in [-0.05, 0) is 42.6 Å². The normalized spacial score (nSPS) is 12.0. The van der Waals surface area contributed by atoms with Crippen molar-refractivity contribution in [3.8, 4) is 5.75 Å². The summed E-state index contributed by atoms with van der Waals surface area (Å²) in [7, 11) is 1.60. The molecule has 0 aliphatic carbocycles. The van der Waals surface area contributed by atoms with Crippen molar-refractivity contribution in [2.24, 2.45) is 4.99 Å². The summed E-state index contributed by atoms with van der Waals surface area (Å²) in [4.78, 5) is 17.7. The maximum absolute atomic E-state index is 12.6. The molecule has 1 aromatic heterocycles. The fourth-order valence-corrected chi connectivity index (χ4v) is 4.30. The van der Waals surface area contributed by atoms with Crippen molar-refractivity contribution in [3.63, 3.8) is 0 Å². The zero-order valence-corrected chi connectivity index (χ0v) is 15.4. The maximum Gasteiger partial charge on any atom is 0.279 e. The molecule has 0 aliphatic heterocycles. The largest absolute Gasteiger partial charge is 0.497 e. The first-order chi connectivity index (χ1) is 12.7. The fraction of sp³-hybridized carbons (Fsp3) is 0.143. The molecule has 4 nitrogen and oxygen atoms in total. The summed E-state index contributed by atoms with van der Waals surface area (Å²) in [6, 6.07) is 19.5. The molecule has 0 saturated heterocycles. The topological polar surface area (TPSA) is 43.6 Å². The second kappa shape index (κ2) is 6.77. The van der Waals surface area contributed by atoms with Crippen molar-refractivity contribution in [2.75, 3.05) is 7.11 Å². The number of amides is 1. The van der Waals surface area contributed by atoms with E-state index in [1.165, 1.54) is 10.8 Å². The predicted octanol–water partition coefficient (Wildman–Crippen LogP) is 4.63. The van der Waals surface area contributed by atoms with Gasteiger partial charge in [0.05, 0.1) is 17.3 Å². The van der Waals surface area contributed by atoms with E-state index in [0.29, 0.717) is 5.56 Å². The van der Waals surface area contributed by atoms with Gasteiger partial charge in [-0.1, -0.05) is 41.7 Å². The number of fused-ring (bicyclic) bond motifs is 3. The number of aromatic nitrogens is 1. The van der Waals surface area contributed by atoms with Gasteiger partial charge in [0, 0.05) is 17.5 Å². The Kier molecular flexibility index (Phi) is 4.31. The number of ether oxygens (including phenoxy) is 1. The van der Waals surface area contributed by atoms with E-state index < -0.39 is 0 Å². The van der Waals surface area contributed by atoms with Crippen molar-refractivity contribution < 1.29 is 9.53 Å². The van der Waals surface area contributed by atoms with E-state index >= 15 is 0 Å². The Balaban J connectivity index is 1.88. The van der Waals surface area contributed by atoms with Gasteiger partial charge in [-0.3, -0.25) is 4.79 Å². The number of nitrogens with zero attached hydrogens (tertiary/aromatic N) is 2. The summed E-state index contributed by atoms with van der Waals surface area (Å²) >= 11 is 1.56. The average molecular weight is 362 g/mol. The lowest BCUT2D eigenvalue weighted by molar-refractivity contribution is 0.0998. The molecule has 0 radical (unpaired) electrons. The molecule has 0 unspecified atom stereocenters. The highest BCUT2D eigenvalue weighted by Crippen LogP contribution is 2.27. The number of rotatable bonds is 3. The standard InChI is InChI=1S/C21H18N2O2S/c1-3-23-18-13-10-14-6-4-5-7-17(14)19(18)26-21(23)22-20(24)15-8-11-16(25-2)12-9-15/h4-13H,3H2,1-2H3. The Morgan fingerprint density at radius 2 is 1.85 bits per heavy atom. The molecule has 0 atom stereocenters. The summed E-state index contributed by atoms with van der Waals surface area (Å²) in [5.41, 5.74) is 1.66. The zero-order valence-electron chi connectivity index (χ0n) is 14.6. The van der Waals surface area contributed by atoms with Crippen LogP contribution in [-0.2, 0) is 6.54 Å². The van der Waals surface area contributed by atoms with E-state index in [9.17, 15) is 4.79 Å². The van der Waals surface area contributed by atoms with E-state index in [0.717, 1.165) is 27.3 Å². The average Bonchev–Trinajstić information content (AvgIpc) is 3.05. The first-order valence-electron chi connectivity index (χ1n) is 8.45. The van der Waals surface area contributed by atoms with Crippen molar-refractivity contribution >= 4 is 38.2 Å². The van der Waals surface area contributed by atoms with Crippen LogP contribution < -0.4 is 9.54 Å². The molecule has 4 aromatic rings. The Bertz CT molecular complexity index is 1170. The number of benzene rings is 3. The van der Waals surface area contributed by atoms with Crippen LogP contribution in [0, 0.1) is 0 Å². The number of thiazole rings is 1. The quantitative estimate of drug-likeness (QED) is 0.533. The molecular weight excluding hydrogens is 344 g/mol. The van der Waals surface area contributed by atoms with Crippen LogP contribution in [0.3, 0.4) is 0 Å². The minimum atomic E-state index is -0.245. The van der Waals surface area contributed by atoms with Crippen LogP contribution in [0.5, 0.6) is 5.75 Å². The van der Waals surface area contributed by atoms with E-state index in [2.05, 4.69) is 40.7 Å². The van der Waals surface area contributed by atoms with Gasteiger partial charge in [-0.25, -0.2) is 0 Å². The molecule has 4 rings (SSSR count). The minimum Gasteiger partial charge on any atom is -0.497 e. The zero-order chi connectivity index (χ0) is 18.1. The lowest BCUT2D eigenvalue weighted by Gasteiger charge is -2.02. The summed E-state index contributed by atoms with van der Waals surface area (Å²) < 4.78 is 8.39. The maximum atomic E-state index is 12.6. The molecule has 26 heavy (non-hydrogen) atoms. The summed E-state index contributed by atoms with van der Waals surface area (Å²) in [6.45, 7) is 2.82. The molecule has 0 aliphatic rings. The molecule has 5 heteroatoms. The highest BCUT2D eigenvalue weighted by Gasteiger charge is 2.10. The number of hydrogen-bond acceptors (Lipinski definition) is 3. The van der Waals surface area contributed by atoms with Crippen LogP contribution in [0.15, 0.2) is 65.7 Å². The third-order valence-electron chi connectivity index (χ3n) is 4.42. The molecule has 0 saturated carbocycles. The van der Waals surface area contributed by atoms with Crippen LogP contribution in [0.1, 0.15) is 17.3 Å². The number of hydrogen-bond donors (Lipinski definition) is 0. The van der Waals surface area contributed by atoms with Crippen LogP contribution in [0.4, 0.5) is 0 Å². The Morgan fingerprint density at radius 1 is 1.08 bits per heavy atom. The molecular formula is C21H18N2O2S. The number of methoxy groups -OCH3 is 1. The van der Waals surface area contributed by atoms with E-state index in [-0.39, 0.29) is 5.91 Å². The lowest BCUT2D eigenvalue weighted by atomic mass is 10.1. The van der Waals surface area contributed by atoms with E-state index in [1.54, 1.807) is 42.7 Å². The van der Waals surface area contributed by atoms with Gasteiger partial charge in [0.1, 0.15) is 5.75 Å². The summed E-state index contributed by atoms with van der Waals surface area (Å²) in [6.07, 6.45) is 0. The summed E-state index contributed by atoms with van der Waals surface area (Å²) in [5, 5.41) is 2.38. The highest BCUT2D eigenvalue weighted by atomic mass is 32.1. The Morgan fingerprint density at radius 3 is 2.58 bits per heavy atom. The van der Waals surface area contributed by atoms with Crippen molar-refractivity contribution in [3.05, 3.63) is 71.0 Å². The third kappa shape index (κ3) is 2.80. The molecule has 0 fully saturated rings. The summed E-state index contributed by atoms with van der Waals surface area (Å²) in [5.74, 6) is 0.476. The molecule has 1 heterocycles. The molecule has 0 spiro atoms. The smallest absolute Gasteiger partial charge is 0.279 e. The predicted molar refractivity (Wildman–Crippen MR) is 106 cm³/mol. The van der Waals surface area contributed by atoms with Gasteiger partial charge < -0.3 is 9.30 Å². The van der Waals surface area contributed by atoms with Gasteiger partial charge in [0.25, 0.3) is 5.91 Å². The van der Waals surface area contributed by atoms with E-state index in [4.69, 9.17) is 4.74 Å². The Labute approximate surface area is 155 Å². The number of carbonyl (C=O) groups excluding carboxylic acids is 1. The number of aryl methyl sites for hydroxylation is 1. The Hall–Kier alpha value is -2.92. The van der Waals surface area contributed by atoms with Gasteiger partial charge in [0.15, 0.2) is 4.80 Å². The molecule has 0 bridgehead atoms. The molecule has 130 valence electrons. The first kappa shape index (κ1) is 16.5. The number of carbonyl (C=O) groups is 1. The second-order valence-electron chi connectivity index (χ2n) is 5.91. The molecule has 3 aromatic carbocycles. The minimum absolute atomic E-state index is 0.245. The molecule has 0 N–H and O–H groups in total. The fourth-order valence-electron chi connectivity index (χ4n) is 3.07. The second-order valence-corrected chi connectivity index (χ2v) is 6.89. The third-order valence-corrected chi connectivity index (χ3v) is 5.55. The van der Waals surface area contributed by atoms with Crippen LogP contribution in [0.2, 0.25) is 0 Å². The van der Waals surface area contributed by atoms with Crippen molar-refractivity contribution in [1.29, 1.82) is 0 Å². The van der Waals surface area contributed by atoms with Gasteiger partial charge in [-0.15, -0.1) is 0 Å². The van der Waals surface area contributed by atoms with Crippen molar-refractivity contribution in [1.82, 2.24) is 4.57 Å². The van der Waals surface area contributed by atoms with Crippen LogP contribution >= 0.6 is 11.3 Å². The SMILES string of the molecule is CCn1c(=NC(=O)c2ccc(OC)cc2)sc2c3ccccc3ccc21. The van der Waals surface area contributed by atoms with E-state index in [1.807, 2.05) is 12.1 Å². The lowest BCUT2D eigenvalue weighted by Crippen LogP contribution is -2.15. The van der Waals surface area contributed by atoms with Gasteiger partial charge >= 0.3 is 0 Å². The first-order valence-corrected chi connectivity index (χ1v) is 9.27. The van der Waals surface area contributed by atoms with Crippen molar-refractivity contribution in [2.45, 2.75) is 13.5 Å². The monoisotopic (exact) mass is 362 g/mol. The van der Waals surface area contributed by atoms with Gasteiger partial charge in [0.2, 0.25) is 0 Å². The highest BCUT2D eigenvalue weighted by molar-refractivity contribution is 7.17. The van der Waals surface area contributed by atoms with Crippen LogP contribution in [0.25, 0.3) is 21.0 Å².